The van der Waals surface area contributed by atoms with Gasteiger partial charge >= 0.3 is 6.03 Å². The van der Waals surface area contributed by atoms with E-state index < -0.39 is 0 Å². The highest BCUT2D eigenvalue weighted by Crippen LogP contribution is 2.29. The Balaban J connectivity index is 1.32. The van der Waals surface area contributed by atoms with Crippen molar-refractivity contribution in [2.75, 3.05) is 25.5 Å². The minimum absolute atomic E-state index is 0.0731. The summed E-state index contributed by atoms with van der Waals surface area (Å²) in [6, 6.07) is 15.1. The molecule has 1 atom stereocenters. The van der Waals surface area contributed by atoms with Crippen LogP contribution in [0, 0.1) is 6.92 Å². The number of hydrogen-bond acceptors (Lipinski definition) is 6. The van der Waals surface area contributed by atoms with Gasteiger partial charge in [0.2, 0.25) is 5.01 Å². The van der Waals surface area contributed by atoms with Gasteiger partial charge in [0, 0.05) is 31.2 Å². The van der Waals surface area contributed by atoms with Crippen molar-refractivity contribution >= 4 is 29.0 Å². The maximum absolute atomic E-state index is 12.7. The van der Waals surface area contributed by atoms with Gasteiger partial charge in [-0.05, 0) is 49.6 Å². The number of urea groups is 1. The Bertz CT molecular complexity index is 1100. The number of nitrogens with zero attached hydrogens (tertiary/aromatic N) is 3. The molecule has 0 aliphatic carbocycles. The zero-order valence-corrected chi connectivity index (χ0v) is 19.5. The molecule has 9 heteroatoms. The lowest BCUT2D eigenvalue weighted by Gasteiger charge is -2.31. The summed E-state index contributed by atoms with van der Waals surface area (Å²) in [6.07, 6.45) is 1.80. The normalized spacial score (nSPS) is 15.7. The van der Waals surface area contributed by atoms with Crippen molar-refractivity contribution in [3.05, 3.63) is 69.7 Å². The van der Waals surface area contributed by atoms with Gasteiger partial charge in [0.25, 0.3) is 5.91 Å². The number of anilines is 1. The molecule has 1 aliphatic rings. The average molecular weight is 466 g/mol. The number of hydrogen-bond donors (Lipinski definition) is 2. The van der Waals surface area contributed by atoms with Gasteiger partial charge in [-0.2, -0.15) is 0 Å². The topological polar surface area (TPSA) is 96.4 Å². The van der Waals surface area contributed by atoms with Crippen molar-refractivity contribution in [2.45, 2.75) is 32.2 Å². The first kappa shape index (κ1) is 22.7. The molecule has 0 saturated carbocycles. The van der Waals surface area contributed by atoms with Crippen molar-refractivity contribution in [1.82, 2.24) is 20.4 Å². The molecule has 1 aromatic heterocycles. The van der Waals surface area contributed by atoms with E-state index in [1.54, 1.807) is 31.4 Å². The largest absolute Gasteiger partial charge is 0.497 e. The zero-order valence-electron chi connectivity index (χ0n) is 18.7. The molecule has 1 saturated heterocycles. The van der Waals surface area contributed by atoms with Crippen LogP contribution >= 0.6 is 11.3 Å². The van der Waals surface area contributed by atoms with Crippen LogP contribution in [0.5, 0.6) is 5.75 Å². The van der Waals surface area contributed by atoms with E-state index in [1.165, 1.54) is 16.9 Å². The number of carbonyl (C=O) groups is 2. The first-order valence-electron chi connectivity index (χ1n) is 10.9. The van der Waals surface area contributed by atoms with Crippen LogP contribution in [0.3, 0.4) is 0 Å². The van der Waals surface area contributed by atoms with E-state index in [9.17, 15) is 9.59 Å². The molecule has 1 unspecified atom stereocenters. The second-order valence-corrected chi connectivity index (χ2v) is 9.07. The Kier molecular flexibility index (Phi) is 7.19. The summed E-state index contributed by atoms with van der Waals surface area (Å²) >= 11 is 1.28. The average Bonchev–Trinajstić information content (AvgIpc) is 3.35. The van der Waals surface area contributed by atoms with E-state index in [4.69, 9.17) is 4.74 Å². The summed E-state index contributed by atoms with van der Waals surface area (Å²) in [5.41, 5.74) is 2.92. The predicted octanol–water partition coefficient (Wildman–Crippen LogP) is 4.20. The Hall–Kier alpha value is -3.46. The first-order valence-corrected chi connectivity index (χ1v) is 11.7. The summed E-state index contributed by atoms with van der Waals surface area (Å²) in [7, 11) is 1.59. The number of rotatable bonds is 6. The highest BCUT2D eigenvalue weighted by molar-refractivity contribution is 7.13. The highest BCUT2D eigenvalue weighted by Gasteiger charge is 2.28. The molecule has 3 amide bonds. The number of aryl methyl sites for hydroxylation is 1. The molecular weight excluding hydrogens is 438 g/mol. The van der Waals surface area contributed by atoms with Crippen LogP contribution < -0.4 is 15.4 Å². The van der Waals surface area contributed by atoms with Crippen molar-refractivity contribution in [1.29, 1.82) is 0 Å². The SMILES string of the molecule is COc1ccc(NC(=O)c2nnc(C3CCCN(C(=O)NCc4ccc(C)cc4)C3)s2)cc1. The summed E-state index contributed by atoms with van der Waals surface area (Å²) in [5.74, 6) is 0.493. The zero-order chi connectivity index (χ0) is 23.2. The van der Waals surface area contributed by atoms with E-state index >= 15 is 0 Å². The number of methoxy groups -OCH3 is 1. The van der Waals surface area contributed by atoms with Crippen LogP contribution in [-0.2, 0) is 6.54 Å². The third kappa shape index (κ3) is 5.87. The Morgan fingerprint density at radius 1 is 1.12 bits per heavy atom. The summed E-state index contributed by atoms with van der Waals surface area (Å²) < 4.78 is 5.13. The molecular formula is C24H27N5O3S. The fourth-order valence-corrected chi connectivity index (χ4v) is 4.57. The summed E-state index contributed by atoms with van der Waals surface area (Å²) in [6.45, 7) is 3.81. The molecule has 0 radical (unpaired) electrons. The van der Waals surface area contributed by atoms with E-state index in [-0.39, 0.29) is 17.9 Å². The van der Waals surface area contributed by atoms with Crippen molar-refractivity contribution in [3.8, 4) is 5.75 Å². The molecule has 3 aromatic rings. The molecule has 2 heterocycles. The number of carbonyl (C=O) groups excluding carboxylic acids is 2. The second kappa shape index (κ2) is 10.4. The van der Waals surface area contributed by atoms with Gasteiger partial charge in [-0.15, -0.1) is 10.2 Å². The van der Waals surface area contributed by atoms with Crippen molar-refractivity contribution < 1.29 is 14.3 Å². The van der Waals surface area contributed by atoms with Crippen LogP contribution in [0.1, 0.15) is 44.7 Å². The lowest BCUT2D eigenvalue weighted by Crippen LogP contribution is -2.44. The molecule has 1 fully saturated rings. The standard InChI is InChI=1S/C24H27N5O3S/c1-16-5-7-17(8-6-16)14-25-24(31)29-13-3-4-18(15-29)22-27-28-23(33-22)21(30)26-19-9-11-20(32-2)12-10-19/h5-12,18H,3-4,13-15H2,1-2H3,(H,25,31)(H,26,30). The highest BCUT2D eigenvalue weighted by atomic mass is 32.1. The van der Waals surface area contributed by atoms with Crippen molar-refractivity contribution in [3.63, 3.8) is 0 Å². The molecule has 33 heavy (non-hydrogen) atoms. The van der Waals surface area contributed by atoms with Gasteiger partial charge in [-0.25, -0.2) is 4.79 Å². The van der Waals surface area contributed by atoms with E-state index in [1.807, 2.05) is 36.1 Å². The van der Waals surface area contributed by atoms with E-state index in [2.05, 4.69) is 20.8 Å². The molecule has 172 valence electrons. The third-order valence-corrected chi connectivity index (χ3v) is 6.69. The van der Waals surface area contributed by atoms with Crippen LogP contribution in [-0.4, -0.2) is 47.2 Å². The van der Waals surface area contributed by atoms with Gasteiger partial charge in [0.05, 0.1) is 7.11 Å². The quantitative estimate of drug-likeness (QED) is 0.569. The predicted molar refractivity (Wildman–Crippen MR) is 128 cm³/mol. The van der Waals surface area contributed by atoms with Crippen LogP contribution in [0.15, 0.2) is 48.5 Å². The summed E-state index contributed by atoms with van der Waals surface area (Å²) in [4.78, 5) is 27.1. The van der Waals surface area contributed by atoms with Gasteiger partial charge in [-0.3, -0.25) is 4.79 Å². The fourth-order valence-electron chi connectivity index (χ4n) is 3.71. The van der Waals surface area contributed by atoms with Gasteiger partial charge in [-0.1, -0.05) is 41.2 Å². The summed E-state index contributed by atoms with van der Waals surface area (Å²) in [5, 5.41) is 15.3. The number of aromatic nitrogens is 2. The Labute approximate surface area is 197 Å². The minimum Gasteiger partial charge on any atom is -0.497 e. The lowest BCUT2D eigenvalue weighted by atomic mass is 9.99. The maximum atomic E-state index is 12.7. The maximum Gasteiger partial charge on any atom is 0.317 e. The monoisotopic (exact) mass is 465 g/mol. The smallest absolute Gasteiger partial charge is 0.317 e. The van der Waals surface area contributed by atoms with Crippen LogP contribution in [0.2, 0.25) is 0 Å². The number of ether oxygens (including phenoxy) is 1. The molecule has 4 rings (SSSR count). The minimum atomic E-state index is -0.299. The van der Waals surface area contributed by atoms with Gasteiger partial charge in [0.1, 0.15) is 10.8 Å². The number of nitrogens with one attached hydrogen (secondary N) is 2. The molecule has 0 spiro atoms. The number of amides is 3. The number of likely N-dealkylation sites (tertiary alicyclic amines) is 1. The lowest BCUT2D eigenvalue weighted by molar-refractivity contribution is 0.102. The fraction of sp³-hybridized carbons (Fsp3) is 0.333. The van der Waals surface area contributed by atoms with Crippen LogP contribution in [0.4, 0.5) is 10.5 Å². The number of piperidine rings is 1. The van der Waals surface area contributed by atoms with E-state index in [0.717, 1.165) is 29.2 Å². The van der Waals surface area contributed by atoms with Gasteiger partial charge in [0.15, 0.2) is 0 Å². The third-order valence-electron chi connectivity index (χ3n) is 5.60. The van der Waals surface area contributed by atoms with E-state index in [0.29, 0.717) is 30.3 Å². The van der Waals surface area contributed by atoms with Crippen molar-refractivity contribution in [2.24, 2.45) is 0 Å². The Morgan fingerprint density at radius 2 is 1.88 bits per heavy atom. The molecule has 2 aromatic carbocycles. The molecule has 2 N–H and O–H groups in total. The van der Waals surface area contributed by atoms with Crippen LogP contribution in [0.25, 0.3) is 0 Å². The molecule has 1 aliphatic heterocycles. The molecule has 0 bridgehead atoms. The first-order chi connectivity index (χ1) is 16.0. The second-order valence-electron chi connectivity index (χ2n) is 8.06. The molecule has 8 nitrogen and oxygen atoms in total. The number of benzene rings is 2. The Morgan fingerprint density at radius 3 is 2.61 bits per heavy atom. The van der Waals surface area contributed by atoms with Gasteiger partial charge < -0.3 is 20.3 Å².